The van der Waals surface area contributed by atoms with Gasteiger partial charge in [0.15, 0.2) is 11.5 Å². The first-order valence-electron chi connectivity index (χ1n) is 9.20. The largest absolute Gasteiger partial charge is 0.493 e. The van der Waals surface area contributed by atoms with Gasteiger partial charge in [-0.1, -0.05) is 18.2 Å². The second kappa shape index (κ2) is 10.6. The molecule has 0 saturated heterocycles. The topological polar surface area (TPSA) is 157 Å². The minimum atomic E-state index is -1.30. The lowest BCUT2D eigenvalue weighted by molar-refractivity contribution is -0.385. The number of aliphatic carboxylic acids is 1. The van der Waals surface area contributed by atoms with Crippen molar-refractivity contribution in [3.05, 3.63) is 69.4 Å². The van der Waals surface area contributed by atoms with Crippen LogP contribution in [0.25, 0.3) is 6.08 Å². The van der Waals surface area contributed by atoms with Crippen molar-refractivity contribution in [3.8, 4) is 11.5 Å². The average Bonchev–Trinajstić information content (AvgIpc) is 2.78. The fourth-order valence-electron chi connectivity index (χ4n) is 2.59. The van der Waals surface area contributed by atoms with Crippen molar-refractivity contribution in [2.75, 3.05) is 14.2 Å². The van der Waals surface area contributed by atoms with Crippen LogP contribution in [0.1, 0.15) is 22.8 Å². The molecule has 11 heteroatoms. The molecule has 168 valence electrons. The van der Waals surface area contributed by atoms with E-state index in [-0.39, 0.29) is 22.6 Å². The number of methoxy groups -OCH3 is 2. The molecule has 2 aromatic rings. The number of amides is 2. The van der Waals surface area contributed by atoms with E-state index in [4.69, 9.17) is 14.6 Å². The third-order valence-electron chi connectivity index (χ3n) is 4.28. The van der Waals surface area contributed by atoms with Gasteiger partial charge in [0, 0.05) is 5.56 Å². The van der Waals surface area contributed by atoms with Crippen LogP contribution in [-0.2, 0) is 9.59 Å². The number of hydrogen-bond donors (Lipinski definition) is 3. The van der Waals surface area contributed by atoms with Crippen molar-refractivity contribution in [3.63, 3.8) is 0 Å². The van der Waals surface area contributed by atoms with Crippen LogP contribution in [0.5, 0.6) is 11.5 Å². The van der Waals surface area contributed by atoms with E-state index in [1.165, 1.54) is 39.3 Å². The summed E-state index contributed by atoms with van der Waals surface area (Å²) in [4.78, 5) is 47.3. The summed E-state index contributed by atoms with van der Waals surface area (Å²) in [5, 5.41) is 25.2. The number of ether oxygens (including phenoxy) is 2. The number of nitrogens with zero attached hydrogens (tertiary/aromatic N) is 1. The average molecular weight is 443 g/mol. The highest BCUT2D eigenvalue weighted by Crippen LogP contribution is 2.35. The first kappa shape index (κ1) is 23.9. The fourth-order valence-corrected chi connectivity index (χ4v) is 2.59. The standard InChI is InChI=1S/C21H21N3O8/c1-12(21(27)28)22-20(26)15(23-19(25)13-7-5-4-6-8-13)9-14-10-17(31-2)18(32-3)11-16(14)24(29)30/h4-12H,1-3H3,(H,22,26)(H,23,25)(H,27,28)/b15-9+/t12-/m1/s1. The van der Waals surface area contributed by atoms with E-state index >= 15 is 0 Å². The van der Waals surface area contributed by atoms with Crippen molar-refractivity contribution in [2.24, 2.45) is 0 Å². The molecule has 0 unspecified atom stereocenters. The summed E-state index contributed by atoms with van der Waals surface area (Å²) < 4.78 is 10.2. The van der Waals surface area contributed by atoms with Gasteiger partial charge < -0.3 is 25.2 Å². The Morgan fingerprint density at radius 3 is 2.22 bits per heavy atom. The highest BCUT2D eigenvalue weighted by Gasteiger charge is 2.23. The van der Waals surface area contributed by atoms with E-state index in [9.17, 15) is 24.5 Å². The monoisotopic (exact) mass is 443 g/mol. The van der Waals surface area contributed by atoms with Crippen LogP contribution < -0.4 is 20.1 Å². The van der Waals surface area contributed by atoms with Crippen LogP contribution >= 0.6 is 0 Å². The van der Waals surface area contributed by atoms with Gasteiger partial charge in [0.05, 0.1) is 30.8 Å². The van der Waals surface area contributed by atoms with Crippen molar-refractivity contribution in [2.45, 2.75) is 13.0 Å². The molecule has 0 fully saturated rings. The molecular weight excluding hydrogens is 422 g/mol. The molecule has 0 aromatic heterocycles. The first-order chi connectivity index (χ1) is 15.2. The van der Waals surface area contributed by atoms with Crippen molar-refractivity contribution >= 4 is 29.5 Å². The summed E-state index contributed by atoms with van der Waals surface area (Å²) in [5.41, 5.74) is -0.677. The Balaban J connectivity index is 2.57. The molecule has 2 amide bonds. The molecule has 0 bridgehead atoms. The van der Waals surface area contributed by atoms with E-state index in [2.05, 4.69) is 10.6 Å². The van der Waals surface area contributed by atoms with Crippen LogP contribution in [0.3, 0.4) is 0 Å². The number of benzene rings is 2. The molecule has 0 heterocycles. The molecule has 32 heavy (non-hydrogen) atoms. The van der Waals surface area contributed by atoms with Gasteiger partial charge in [0.2, 0.25) is 0 Å². The fraction of sp³-hybridized carbons (Fsp3) is 0.190. The summed E-state index contributed by atoms with van der Waals surface area (Å²) in [6.45, 7) is 1.23. The van der Waals surface area contributed by atoms with Crippen LogP contribution in [0.4, 0.5) is 5.69 Å². The molecule has 0 saturated carbocycles. The van der Waals surface area contributed by atoms with E-state index < -0.39 is 40.1 Å². The summed E-state index contributed by atoms with van der Waals surface area (Å²) >= 11 is 0. The van der Waals surface area contributed by atoms with Gasteiger partial charge in [-0.05, 0) is 31.2 Å². The highest BCUT2D eigenvalue weighted by molar-refractivity contribution is 6.06. The number of hydrogen-bond acceptors (Lipinski definition) is 7. The highest BCUT2D eigenvalue weighted by atomic mass is 16.6. The zero-order chi connectivity index (χ0) is 23.8. The molecule has 2 aromatic carbocycles. The number of nitro benzene ring substituents is 1. The lowest BCUT2D eigenvalue weighted by Gasteiger charge is -2.14. The minimum absolute atomic E-state index is 0.0749. The normalized spacial score (nSPS) is 11.8. The van der Waals surface area contributed by atoms with Gasteiger partial charge in [0.25, 0.3) is 17.5 Å². The van der Waals surface area contributed by atoms with Gasteiger partial charge in [0.1, 0.15) is 11.7 Å². The number of nitrogens with one attached hydrogen (secondary N) is 2. The first-order valence-corrected chi connectivity index (χ1v) is 9.20. The maximum atomic E-state index is 12.7. The Bertz CT molecular complexity index is 1070. The Kier molecular flexibility index (Phi) is 7.88. The summed E-state index contributed by atoms with van der Waals surface area (Å²) in [7, 11) is 2.64. The number of carbonyl (C=O) groups is 3. The van der Waals surface area contributed by atoms with Crippen molar-refractivity contribution < 1.29 is 33.9 Å². The zero-order valence-electron chi connectivity index (χ0n) is 17.4. The number of carboxylic acid groups (broad SMARTS) is 1. The van der Waals surface area contributed by atoms with Crippen LogP contribution in [0.15, 0.2) is 48.2 Å². The van der Waals surface area contributed by atoms with Crippen LogP contribution in [0.2, 0.25) is 0 Å². The third kappa shape index (κ3) is 5.81. The predicted octanol–water partition coefficient (Wildman–Crippen LogP) is 1.97. The van der Waals surface area contributed by atoms with Crippen molar-refractivity contribution in [1.29, 1.82) is 0 Å². The number of carboxylic acids is 1. The Morgan fingerprint density at radius 2 is 1.69 bits per heavy atom. The molecule has 1 atom stereocenters. The van der Waals surface area contributed by atoms with E-state index in [0.717, 1.165) is 12.1 Å². The second-order valence-corrected chi connectivity index (χ2v) is 6.43. The van der Waals surface area contributed by atoms with Crippen molar-refractivity contribution in [1.82, 2.24) is 10.6 Å². The third-order valence-corrected chi connectivity index (χ3v) is 4.28. The minimum Gasteiger partial charge on any atom is -0.493 e. The molecule has 11 nitrogen and oxygen atoms in total. The number of rotatable bonds is 9. The second-order valence-electron chi connectivity index (χ2n) is 6.43. The Hall–Kier alpha value is -4.41. The van der Waals surface area contributed by atoms with Gasteiger partial charge >= 0.3 is 5.97 Å². The molecule has 0 aliphatic carbocycles. The number of nitro groups is 1. The summed E-state index contributed by atoms with van der Waals surface area (Å²) in [6, 6.07) is 9.03. The van der Waals surface area contributed by atoms with E-state index in [0.29, 0.717) is 0 Å². The van der Waals surface area contributed by atoms with E-state index in [1.54, 1.807) is 18.2 Å². The van der Waals surface area contributed by atoms with E-state index in [1.807, 2.05) is 0 Å². The molecule has 0 aliphatic rings. The SMILES string of the molecule is COc1cc(/C=C(/NC(=O)c2ccccc2)C(=O)N[C@H](C)C(=O)O)c([N+](=O)[O-])cc1OC. The summed E-state index contributed by atoms with van der Waals surface area (Å²) in [5.74, 6) is -2.68. The summed E-state index contributed by atoms with van der Waals surface area (Å²) in [6.07, 6.45) is 1.06. The molecule has 0 aliphatic heterocycles. The Labute approximate surface area is 182 Å². The smallest absolute Gasteiger partial charge is 0.325 e. The van der Waals surface area contributed by atoms with Crippen LogP contribution in [-0.4, -0.2) is 48.1 Å². The predicted molar refractivity (Wildman–Crippen MR) is 113 cm³/mol. The van der Waals surface area contributed by atoms with Gasteiger partial charge in [-0.2, -0.15) is 0 Å². The molecule has 0 spiro atoms. The molecule has 2 rings (SSSR count). The quantitative estimate of drug-likeness (QED) is 0.302. The van der Waals surface area contributed by atoms with Gasteiger partial charge in [-0.15, -0.1) is 0 Å². The lowest BCUT2D eigenvalue weighted by Crippen LogP contribution is -2.42. The molecule has 3 N–H and O–H groups in total. The Morgan fingerprint density at radius 1 is 1.09 bits per heavy atom. The van der Waals surface area contributed by atoms with Gasteiger partial charge in [-0.25, -0.2) is 0 Å². The number of carbonyl (C=O) groups excluding carboxylic acids is 2. The maximum absolute atomic E-state index is 12.7. The van der Waals surface area contributed by atoms with Crippen LogP contribution in [0, 0.1) is 10.1 Å². The maximum Gasteiger partial charge on any atom is 0.325 e. The van der Waals surface area contributed by atoms with Gasteiger partial charge in [-0.3, -0.25) is 24.5 Å². The lowest BCUT2D eigenvalue weighted by atomic mass is 10.1. The molecular formula is C21H21N3O8. The zero-order valence-corrected chi connectivity index (χ0v) is 17.4. The molecule has 0 radical (unpaired) electrons.